The third kappa shape index (κ3) is 4.79. The zero-order chi connectivity index (χ0) is 17.6. The molecule has 0 unspecified atom stereocenters. The van der Waals surface area contributed by atoms with Crippen LogP contribution in [-0.2, 0) is 4.79 Å². The highest BCUT2D eigenvalue weighted by molar-refractivity contribution is 6.32. The number of nitrogens with zero attached hydrogens (tertiary/aromatic N) is 3. The molecule has 1 saturated heterocycles. The summed E-state index contributed by atoms with van der Waals surface area (Å²) < 4.78 is 5.88. The second-order valence-electron chi connectivity index (χ2n) is 5.94. The molecule has 1 fully saturated rings. The van der Waals surface area contributed by atoms with Crippen LogP contribution in [0.4, 0.5) is 0 Å². The fourth-order valence-electron chi connectivity index (χ4n) is 2.74. The molecule has 0 radical (unpaired) electrons. The molecular formula is C19H20ClN3O2. The largest absolute Gasteiger partial charge is 0.474 e. The molecule has 0 N–H and O–H groups in total. The van der Waals surface area contributed by atoms with Crippen molar-refractivity contribution in [1.29, 1.82) is 0 Å². The van der Waals surface area contributed by atoms with Gasteiger partial charge in [-0.15, -0.1) is 0 Å². The van der Waals surface area contributed by atoms with Gasteiger partial charge >= 0.3 is 0 Å². The van der Waals surface area contributed by atoms with Crippen LogP contribution < -0.4 is 4.74 Å². The molecule has 0 aliphatic carbocycles. The van der Waals surface area contributed by atoms with Crippen molar-refractivity contribution in [3.63, 3.8) is 0 Å². The van der Waals surface area contributed by atoms with Gasteiger partial charge in [-0.05, 0) is 24.6 Å². The summed E-state index contributed by atoms with van der Waals surface area (Å²) in [7, 11) is 0. The number of amides is 1. The van der Waals surface area contributed by atoms with Gasteiger partial charge in [-0.3, -0.25) is 4.79 Å². The van der Waals surface area contributed by atoms with E-state index in [1.807, 2.05) is 36.1 Å². The summed E-state index contributed by atoms with van der Waals surface area (Å²) in [6.45, 7) is 3.17. The standard InChI is InChI=1S/C19H20ClN3O2/c1-14-21-11-8-18(22-14)25-16-9-12-23(13-10-16)19(24)7-6-15-4-2-3-5-17(15)20/h2-8,11,16H,9-10,12-13H2,1H3/b7-6+. The lowest BCUT2D eigenvalue weighted by molar-refractivity contribution is -0.127. The van der Waals surface area contributed by atoms with E-state index in [1.165, 1.54) is 0 Å². The normalized spacial score (nSPS) is 15.5. The van der Waals surface area contributed by atoms with E-state index < -0.39 is 0 Å². The zero-order valence-electron chi connectivity index (χ0n) is 14.1. The van der Waals surface area contributed by atoms with Crippen LogP contribution in [0.25, 0.3) is 6.08 Å². The maximum Gasteiger partial charge on any atom is 0.246 e. The highest BCUT2D eigenvalue weighted by atomic mass is 35.5. The Hall–Kier alpha value is -2.40. The fourth-order valence-corrected chi connectivity index (χ4v) is 2.94. The molecule has 1 aliphatic rings. The molecule has 25 heavy (non-hydrogen) atoms. The van der Waals surface area contributed by atoms with Crippen molar-refractivity contribution in [2.45, 2.75) is 25.9 Å². The molecule has 2 aromatic rings. The summed E-state index contributed by atoms with van der Waals surface area (Å²) >= 11 is 6.10. The average Bonchev–Trinajstić information content (AvgIpc) is 2.61. The summed E-state index contributed by atoms with van der Waals surface area (Å²) in [4.78, 5) is 22.5. The molecule has 0 atom stereocenters. The van der Waals surface area contributed by atoms with Crippen molar-refractivity contribution in [1.82, 2.24) is 14.9 Å². The maximum absolute atomic E-state index is 12.3. The number of rotatable bonds is 4. The Kier molecular flexibility index (Phi) is 5.66. The number of ether oxygens (including phenoxy) is 1. The van der Waals surface area contributed by atoms with E-state index in [4.69, 9.17) is 16.3 Å². The number of piperidine rings is 1. The molecule has 0 spiro atoms. The van der Waals surface area contributed by atoms with Crippen LogP contribution in [0.1, 0.15) is 24.2 Å². The van der Waals surface area contributed by atoms with Crippen molar-refractivity contribution < 1.29 is 9.53 Å². The summed E-state index contributed by atoms with van der Waals surface area (Å²) in [5.41, 5.74) is 0.842. The van der Waals surface area contributed by atoms with Gasteiger partial charge in [0.2, 0.25) is 11.8 Å². The summed E-state index contributed by atoms with van der Waals surface area (Å²) in [5.74, 6) is 1.28. The summed E-state index contributed by atoms with van der Waals surface area (Å²) in [5, 5.41) is 0.638. The van der Waals surface area contributed by atoms with Crippen molar-refractivity contribution in [2.24, 2.45) is 0 Å². The number of aromatic nitrogens is 2. The first-order chi connectivity index (χ1) is 12.1. The molecule has 0 bridgehead atoms. The Bertz CT molecular complexity index is 771. The number of halogens is 1. The number of hydrogen-bond donors (Lipinski definition) is 0. The number of hydrogen-bond acceptors (Lipinski definition) is 4. The molecule has 1 aliphatic heterocycles. The van der Waals surface area contributed by atoms with Gasteiger partial charge in [0.05, 0.1) is 0 Å². The van der Waals surface area contributed by atoms with E-state index >= 15 is 0 Å². The lowest BCUT2D eigenvalue weighted by Gasteiger charge is -2.31. The van der Waals surface area contributed by atoms with Crippen molar-refractivity contribution >= 4 is 23.6 Å². The average molecular weight is 358 g/mol. The number of benzene rings is 1. The first kappa shape index (κ1) is 17.4. The van der Waals surface area contributed by atoms with Crippen LogP contribution in [0.2, 0.25) is 5.02 Å². The Morgan fingerprint density at radius 3 is 2.76 bits per heavy atom. The monoisotopic (exact) mass is 357 g/mol. The van der Waals surface area contributed by atoms with E-state index in [9.17, 15) is 4.79 Å². The van der Waals surface area contributed by atoms with Crippen LogP contribution in [0.5, 0.6) is 5.88 Å². The molecule has 5 nitrogen and oxygen atoms in total. The van der Waals surface area contributed by atoms with Gasteiger partial charge < -0.3 is 9.64 Å². The molecule has 1 aromatic heterocycles. The molecule has 130 valence electrons. The molecular weight excluding hydrogens is 338 g/mol. The smallest absolute Gasteiger partial charge is 0.246 e. The quantitative estimate of drug-likeness (QED) is 0.785. The van der Waals surface area contributed by atoms with E-state index in [2.05, 4.69) is 9.97 Å². The SMILES string of the molecule is Cc1nccc(OC2CCN(C(=O)/C=C/c3ccccc3Cl)CC2)n1. The van der Waals surface area contributed by atoms with Crippen LogP contribution >= 0.6 is 11.6 Å². The molecule has 1 amide bonds. The van der Waals surface area contributed by atoms with Crippen molar-refractivity contribution in [3.8, 4) is 5.88 Å². The van der Waals surface area contributed by atoms with Crippen LogP contribution in [0.15, 0.2) is 42.6 Å². The Morgan fingerprint density at radius 1 is 1.28 bits per heavy atom. The minimum absolute atomic E-state index is 0.00347. The predicted molar refractivity (Wildman–Crippen MR) is 97.5 cm³/mol. The van der Waals surface area contributed by atoms with Crippen molar-refractivity contribution in [2.75, 3.05) is 13.1 Å². The van der Waals surface area contributed by atoms with E-state index in [0.717, 1.165) is 18.4 Å². The third-order valence-corrected chi connectivity index (χ3v) is 4.45. The van der Waals surface area contributed by atoms with Gasteiger partial charge in [0.25, 0.3) is 0 Å². The molecule has 0 saturated carbocycles. The maximum atomic E-state index is 12.3. The second kappa shape index (κ2) is 8.12. The van der Waals surface area contributed by atoms with Gasteiger partial charge in [-0.25, -0.2) is 4.98 Å². The van der Waals surface area contributed by atoms with Crippen LogP contribution in [0.3, 0.4) is 0 Å². The number of likely N-dealkylation sites (tertiary alicyclic amines) is 1. The first-order valence-electron chi connectivity index (χ1n) is 8.29. The van der Waals surface area contributed by atoms with Crippen LogP contribution in [0, 0.1) is 6.92 Å². The van der Waals surface area contributed by atoms with Crippen molar-refractivity contribution in [3.05, 3.63) is 59.0 Å². The molecule has 6 heteroatoms. The van der Waals surface area contributed by atoms with Gasteiger partial charge in [-0.1, -0.05) is 29.8 Å². The van der Waals surface area contributed by atoms with E-state index in [0.29, 0.717) is 29.8 Å². The number of aryl methyl sites for hydroxylation is 1. The lowest BCUT2D eigenvalue weighted by atomic mass is 10.1. The number of carbonyl (C=O) groups is 1. The molecule has 1 aromatic carbocycles. The minimum Gasteiger partial charge on any atom is -0.474 e. The predicted octanol–water partition coefficient (Wildman–Crippen LogP) is 3.52. The Balaban J connectivity index is 1.51. The molecule has 3 rings (SSSR count). The highest BCUT2D eigenvalue weighted by Crippen LogP contribution is 2.19. The number of carbonyl (C=O) groups excluding carboxylic acids is 1. The highest BCUT2D eigenvalue weighted by Gasteiger charge is 2.23. The van der Waals surface area contributed by atoms with Crippen LogP contribution in [-0.4, -0.2) is 40.0 Å². The summed E-state index contributed by atoms with van der Waals surface area (Å²) in [6, 6.07) is 9.22. The van der Waals surface area contributed by atoms with Gasteiger partial charge in [0.15, 0.2) is 0 Å². The summed E-state index contributed by atoms with van der Waals surface area (Å²) in [6.07, 6.45) is 6.68. The Labute approximate surface area is 152 Å². The first-order valence-corrected chi connectivity index (χ1v) is 8.67. The van der Waals surface area contributed by atoms with E-state index in [-0.39, 0.29) is 12.0 Å². The lowest BCUT2D eigenvalue weighted by Crippen LogP contribution is -2.41. The second-order valence-corrected chi connectivity index (χ2v) is 6.35. The van der Waals surface area contributed by atoms with Gasteiger partial charge in [-0.2, -0.15) is 4.98 Å². The van der Waals surface area contributed by atoms with E-state index in [1.54, 1.807) is 24.4 Å². The van der Waals surface area contributed by atoms with Gasteiger partial charge in [0, 0.05) is 49.3 Å². The third-order valence-electron chi connectivity index (χ3n) is 4.10. The Morgan fingerprint density at radius 2 is 2.04 bits per heavy atom. The topological polar surface area (TPSA) is 55.3 Å². The zero-order valence-corrected chi connectivity index (χ0v) is 14.8. The molecule has 2 heterocycles. The minimum atomic E-state index is -0.00347. The fraction of sp³-hybridized carbons (Fsp3) is 0.316. The van der Waals surface area contributed by atoms with Gasteiger partial charge in [0.1, 0.15) is 11.9 Å².